The summed E-state index contributed by atoms with van der Waals surface area (Å²) in [5.41, 5.74) is 2.82. The van der Waals surface area contributed by atoms with Crippen molar-refractivity contribution in [1.29, 1.82) is 0 Å². The van der Waals surface area contributed by atoms with Gasteiger partial charge in [-0.1, -0.05) is 30.3 Å². The Balaban J connectivity index is 1.96. The minimum Gasteiger partial charge on any atom is -0.393 e. The van der Waals surface area contributed by atoms with Gasteiger partial charge in [0.25, 0.3) is 0 Å². The van der Waals surface area contributed by atoms with Gasteiger partial charge in [-0.2, -0.15) is 15.4 Å². The van der Waals surface area contributed by atoms with Gasteiger partial charge in [0.2, 0.25) is 0 Å². The fraction of sp³-hybridized carbons (Fsp3) is 0.385. The Hall–Kier alpha value is -1.72. The number of benzene rings is 1. The zero-order valence-electron chi connectivity index (χ0n) is 10.4. The Labute approximate surface area is 106 Å². The number of aliphatic hydroxyl groups is 1. The highest BCUT2D eigenvalue weighted by Crippen LogP contribution is 2.18. The van der Waals surface area contributed by atoms with Gasteiger partial charge in [0.1, 0.15) is 11.4 Å². The van der Waals surface area contributed by atoms with Gasteiger partial charge in [-0.15, -0.1) is 0 Å². The Morgan fingerprint density at radius 2 is 2.06 bits per heavy atom. The first-order valence-electron chi connectivity index (χ1n) is 6.11. The van der Waals surface area contributed by atoms with E-state index in [0.717, 1.165) is 29.9 Å². The van der Waals surface area contributed by atoms with Gasteiger partial charge in [0.15, 0.2) is 0 Å². The lowest BCUT2D eigenvalue weighted by molar-refractivity contribution is 0.183. The second kappa shape index (κ2) is 6.28. The maximum atomic E-state index is 9.17. The molecule has 2 aromatic rings. The van der Waals surface area contributed by atoms with E-state index in [9.17, 15) is 0 Å². The largest absolute Gasteiger partial charge is 0.393 e. The fourth-order valence-corrected chi connectivity index (χ4v) is 1.72. The highest BCUT2D eigenvalue weighted by Gasteiger charge is 2.09. The summed E-state index contributed by atoms with van der Waals surface area (Å²) in [7, 11) is 0. The molecule has 96 valence electrons. The van der Waals surface area contributed by atoms with Crippen molar-refractivity contribution < 1.29 is 5.11 Å². The number of nitrogens with one attached hydrogen (secondary N) is 2. The quantitative estimate of drug-likeness (QED) is 0.672. The molecule has 1 heterocycles. The molecule has 2 rings (SSSR count). The van der Waals surface area contributed by atoms with Crippen LogP contribution in [0.2, 0.25) is 0 Å². The van der Waals surface area contributed by atoms with Gasteiger partial charge in [-0.25, -0.2) is 0 Å². The summed E-state index contributed by atoms with van der Waals surface area (Å²) in [6.45, 7) is 3.19. The first-order valence-corrected chi connectivity index (χ1v) is 6.11. The molecule has 1 atom stereocenters. The lowest BCUT2D eigenvalue weighted by Gasteiger charge is -2.05. The average molecular weight is 246 g/mol. The Kier molecular flexibility index (Phi) is 4.44. The van der Waals surface area contributed by atoms with Gasteiger partial charge >= 0.3 is 0 Å². The van der Waals surface area contributed by atoms with E-state index in [-0.39, 0.29) is 6.10 Å². The lowest BCUT2D eigenvalue weighted by atomic mass is 10.1. The van der Waals surface area contributed by atoms with Crippen LogP contribution < -0.4 is 5.32 Å². The molecule has 0 aliphatic rings. The summed E-state index contributed by atoms with van der Waals surface area (Å²) in [4.78, 5) is 0. The van der Waals surface area contributed by atoms with E-state index >= 15 is 0 Å². The smallest absolute Gasteiger partial charge is 0.117 e. The number of aromatic amines is 1. The molecule has 0 radical (unpaired) electrons. The normalized spacial score (nSPS) is 12.6. The topological polar surface area (TPSA) is 73.8 Å². The van der Waals surface area contributed by atoms with Gasteiger partial charge in [-0.05, 0) is 19.9 Å². The molecule has 0 amide bonds. The monoisotopic (exact) mass is 246 g/mol. The maximum Gasteiger partial charge on any atom is 0.117 e. The predicted molar refractivity (Wildman–Crippen MR) is 69.8 cm³/mol. The molecule has 0 fully saturated rings. The average Bonchev–Trinajstić information content (AvgIpc) is 2.84. The molecule has 0 saturated carbocycles. The minimum atomic E-state index is -0.275. The molecule has 1 aromatic carbocycles. The summed E-state index contributed by atoms with van der Waals surface area (Å²) >= 11 is 0. The standard InChI is InChI=1S/C13H18N4O/c1-10(18)7-8-14-9-12-13(16-17-15-12)11-5-3-2-4-6-11/h2-6,10,14,18H,7-9H2,1H3,(H,15,16,17). The van der Waals surface area contributed by atoms with Gasteiger partial charge in [0, 0.05) is 12.1 Å². The third kappa shape index (κ3) is 3.38. The van der Waals surface area contributed by atoms with Crippen LogP contribution in [0.3, 0.4) is 0 Å². The molecule has 5 nitrogen and oxygen atoms in total. The van der Waals surface area contributed by atoms with Crippen molar-refractivity contribution in [1.82, 2.24) is 20.7 Å². The van der Waals surface area contributed by atoms with Crippen molar-refractivity contribution in [3.63, 3.8) is 0 Å². The Morgan fingerprint density at radius 1 is 1.28 bits per heavy atom. The summed E-state index contributed by atoms with van der Waals surface area (Å²) in [5, 5.41) is 23.4. The third-order valence-corrected chi connectivity index (χ3v) is 2.70. The van der Waals surface area contributed by atoms with Gasteiger partial charge < -0.3 is 10.4 Å². The zero-order chi connectivity index (χ0) is 12.8. The Bertz CT molecular complexity index is 467. The number of aliphatic hydroxyl groups excluding tert-OH is 1. The molecular formula is C13H18N4O. The number of nitrogens with zero attached hydrogens (tertiary/aromatic N) is 2. The summed E-state index contributed by atoms with van der Waals surface area (Å²) in [5.74, 6) is 0. The van der Waals surface area contributed by atoms with Crippen LogP contribution in [-0.2, 0) is 6.54 Å². The number of aromatic nitrogens is 3. The minimum absolute atomic E-state index is 0.275. The van der Waals surface area contributed by atoms with Gasteiger partial charge in [0.05, 0.1) is 6.10 Å². The molecule has 0 bridgehead atoms. The van der Waals surface area contributed by atoms with E-state index < -0.39 is 0 Å². The first-order chi connectivity index (χ1) is 8.77. The second-order valence-corrected chi connectivity index (χ2v) is 4.30. The number of rotatable bonds is 6. The van der Waals surface area contributed by atoms with E-state index in [1.165, 1.54) is 0 Å². The Morgan fingerprint density at radius 3 is 2.78 bits per heavy atom. The summed E-state index contributed by atoms with van der Waals surface area (Å²) in [6.07, 6.45) is 0.460. The molecule has 0 spiro atoms. The fourth-order valence-electron chi connectivity index (χ4n) is 1.72. The molecule has 0 aliphatic carbocycles. The molecule has 18 heavy (non-hydrogen) atoms. The first kappa shape index (κ1) is 12.7. The molecule has 0 aliphatic heterocycles. The van der Waals surface area contributed by atoms with Crippen molar-refractivity contribution in [2.24, 2.45) is 0 Å². The third-order valence-electron chi connectivity index (χ3n) is 2.70. The highest BCUT2D eigenvalue weighted by molar-refractivity contribution is 5.60. The van der Waals surface area contributed by atoms with Gasteiger partial charge in [-0.3, -0.25) is 0 Å². The van der Waals surface area contributed by atoms with Crippen LogP contribution in [0, 0.1) is 0 Å². The van der Waals surface area contributed by atoms with E-state index in [2.05, 4.69) is 20.7 Å². The van der Waals surface area contributed by atoms with Crippen LogP contribution in [0.15, 0.2) is 30.3 Å². The number of hydrogen-bond donors (Lipinski definition) is 3. The van der Waals surface area contributed by atoms with Crippen molar-refractivity contribution >= 4 is 0 Å². The van der Waals surface area contributed by atoms with Crippen molar-refractivity contribution in [2.75, 3.05) is 6.54 Å². The molecule has 1 aromatic heterocycles. The summed E-state index contributed by atoms with van der Waals surface area (Å²) < 4.78 is 0. The molecule has 5 heteroatoms. The van der Waals surface area contributed by atoms with Crippen LogP contribution in [0.4, 0.5) is 0 Å². The summed E-state index contributed by atoms with van der Waals surface area (Å²) in [6, 6.07) is 9.96. The lowest BCUT2D eigenvalue weighted by Crippen LogP contribution is -2.19. The van der Waals surface area contributed by atoms with E-state index in [1.54, 1.807) is 6.92 Å². The van der Waals surface area contributed by atoms with E-state index in [4.69, 9.17) is 5.11 Å². The van der Waals surface area contributed by atoms with Crippen LogP contribution in [0.5, 0.6) is 0 Å². The van der Waals surface area contributed by atoms with Crippen LogP contribution >= 0.6 is 0 Å². The van der Waals surface area contributed by atoms with Crippen LogP contribution in [0.1, 0.15) is 19.0 Å². The molecular weight excluding hydrogens is 228 g/mol. The van der Waals surface area contributed by atoms with Crippen LogP contribution in [0.25, 0.3) is 11.3 Å². The highest BCUT2D eigenvalue weighted by atomic mass is 16.3. The molecule has 3 N–H and O–H groups in total. The number of H-pyrrole nitrogens is 1. The van der Waals surface area contributed by atoms with Crippen molar-refractivity contribution in [2.45, 2.75) is 26.0 Å². The molecule has 1 unspecified atom stereocenters. The second-order valence-electron chi connectivity index (χ2n) is 4.30. The SMILES string of the molecule is CC(O)CCNCc1n[nH]nc1-c1ccccc1. The van der Waals surface area contributed by atoms with Crippen molar-refractivity contribution in [3.8, 4) is 11.3 Å². The van der Waals surface area contributed by atoms with Crippen LogP contribution in [-0.4, -0.2) is 33.2 Å². The number of hydrogen-bond acceptors (Lipinski definition) is 4. The molecule has 0 saturated heterocycles. The van der Waals surface area contributed by atoms with Crippen molar-refractivity contribution in [3.05, 3.63) is 36.0 Å². The maximum absolute atomic E-state index is 9.17. The predicted octanol–water partition coefficient (Wildman–Crippen LogP) is 1.33. The zero-order valence-corrected chi connectivity index (χ0v) is 10.4. The van der Waals surface area contributed by atoms with E-state index in [1.807, 2.05) is 30.3 Å². The van der Waals surface area contributed by atoms with E-state index in [0.29, 0.717) is 6.54 Å².